The van der Waals surface area contributed by atoms with Gasteiger partial charge in [0.1, 0.15) is 12.0 Å². The number of unbranched alkanes of at least 4 members (excludes halogenated alkanes) is 2. The van der Waals surface area contributed by atoms with Crippen LogP contribution in [0.2, 0.25) is 0 Å². The fourth-order valence-corrected chi connectivity index (χ4v) is 1.68. The van der Waals surface area contributed by atoms with Crippen molar-refractivity contribution >= 4 is 17.5 Å². The Labute approximate surface area is 123 Å². The second-order valence-corrected chi connectivity index (χ2v) is 4.62. The van der Waals surface area contributed by atoms with E-state index in [-0.39, 0.29) is 11.7 Å². The lowest BCUT2D eigenvalue weighted by molar-refractivity contribution is -0.385. The molecule has 0 radical (unpaired) electrons. The predicted octanol–water partition coefficient (Wildman–Crippen LogP) is 2.92. The van der Waals surface area contributed by atoms with Gasteiger partial charge in [0, 0.05) is 19.0 Å². The number of hydrogen-bond donors (Lipinski definition) is 1. The molecule has 0 aromatic carbocycles. The summed E-state index contributed by atoms with van der Waals surface area (Å²) in [6.45, 7) is 3.14. The summed E-state index contributed by atoms with van der Waals surface area (Å²) in [6, 6.07) is 3.01. The smallest absolute Gasteiger partial charge is 0.305 e. The van der Waals surface area contributed by atoms with E-state index >= 15 is 0 Å². The molecule has 7 heteroatoms. The fraction of sp³-hybridized carbons (Fsp3) is 0.571. The molecule has 0 amide bonds. The number of ether oxygens (including phenoxy) is 1. The standard InChI is InChI=1S/C14H21N3O4/c1-2-6-14(18)21-10-5-3-4-9-15-13-8-7-12(11-16-13)17(19)20/h7-8,11H,2-6,9-10H2,1H3,(H,15,16). The van der Waals surface area contributed by atoms with Crippen LogP contribution >= 0.6 is 0 Å². The molecule has 0 saturated carbocycles. The van der Waals surface area contributed by atoms with Crippen LogP contribution in [0.4, 0.5) is 11.5 Å². The van der Waals surface area contributed by atoms with Crippen LogP contribution in [-0.2, 0) is 9.53 Å². The van der Waals surface area contributed by atoms with Crippen LogP contribution in [0.15, 0.2) is 18.3 Å². The molecule has 1 rings (SSSR count). The number of hydrogen-bond acceptors (Lipinski definition) is 6. The maximum absolute atomic E-state index is 11.1. The van der Waals surface area contributed by atoms with E-state index in [1.54, 1.807) is 6.07 Å². The second kappa shape index (κ2) is 9.68. The Morgan fingerprint density at radius 3 is 2.81 bits per heavy atom. The highest BCUT2D eigenvalue weighted by Crippen LogP contribution is 2.11. The van der Waals surface area contributed by atoms with E-state index in [0.717, 1.165) is 32.2 Å². The molecular weight excluding hydrogens is 274 g/mol. The Morgan fingerprint density at radius 2 is 2.19 bits per heavy atom. The SMILES string of the molecule is CCCC(=O)OCCCCCNc1ccc([N+](=O)[O-])cn1. The average molecular weight is 295 g/mol. The number of aromatic nitrogens is 1. The molecule has 116 valence electrons. The number of anilines is 1. The summed E-state index contributed by atoms with van der Waals surface area (Å²) < 4.78 is 5.05. The van der Waals surface area contributed by atoms with Crippen molar-refractivity contribution in [1.82, 2.24) is 4.98 Å². The van der Waals surface area contributed by atoms with Crippen LogP contribution in [0.5, 0.6) is 0 Å². The minimum atomic E-state index is -0.476. The molecule has 0 bridgehead atoms. The highest BCUT2D eigenvalue weighted by molar-refractivity contribution is 5.69. The zero-order valence-corrected chi connectivity index (χ0v) is 12.2. The van der Waals surface area contributed by atoms with Crippen LogP contribution < -0.4 is 5.32 Å². The number of esters is 1. The van der Waals surface area contributed by atoms with Crippen molar-refractivity contribution in [2.75, 3.05) is 18.5 Å². The van der Waals surface area contributed by atoms with E-state index < -0.39 is 4.92 Å². The van der Waals surface area contributed by atoms with Gasteiger partial charge in [0.05, 0.1) is 11.5 Å². The number of nitro groups is 1. The first-order valence-electron chi connectivity index (χ1n) is 7.13. The number of carbonyl (C=O) groups excluding carboxylic acids is 1. The summed E-state index contributed by atoms with van der Waals surface area (Å²) >= 11 is 0. The Kier molecular flexibility index (Phi) is 7.78. The molecule has 0 aliphatic rings. The first-order chi connectivity index (χ1) is 10.1. The molecule has 1 N–H and O–H groups in total. The van der Waals surface area contributed by atoms with E-state index in [9.17, 15) is 14.9 Å². The fourth-order valence-electron chi connectivity index (χ4n) is 1.68. The number of carbonyl (C=O) groups is 1. The highest BCUT2D eigenvalue weighted by atomic mass is 16.6. The third-order valence-corrected chi connectivity index (χ3v) is 2.80. The molecule has 0 aliphatic carbocycles. The van der Waals surface area contributed by atoms with Gasteiger partial charge in [-0.2, -0.15) is 0 Å². The molecular formula is C14H21N3O4. The zero-order valence-electron chi connectivity index (χ0n) is 12.2. The Morgan fingerprint density at radius 1 is 1.38 bits per heavy atom. The van der Waals surface area contributed by atoms with Crippen LogP contribution in [0, 0.1) is 10.1 Å². The lowest BCUT2D eigenvalue weighted by Crippen LogP contribution is -2.06. The Bertz CT molecular complexity index is 448. The first kappa shape index (κ1) is 16.9. The minimum Gasteiger partial charge on any atom is -0.466 e. The summed E-state index contributed by atoms with van der Waals surface area (Å²) in [5.74, 6) is 0.487. The van der Waals surface area contributed by atoms with Crippen LogP contribution in [0.1, 0.15) is 39.0 Å². The second-order valence-electron chi connectivity index (χ2n) is 4.62. The summed E-state index contributed by atoms with van der Waals surface area (Å²) in [4.78, 5) is 25.1. The lowest BCUT2D eigenvalue weighted by Gasteiger charge is -2.06. The molecule has 0 fully saturated rings. The van der Waals surface area contributed by atoms with Crippen molar-refractivity contribution in [3.63, 3.8) is 0 Å². The zero-order chi connectivity index (χ0) is 15.5. The molecule has 1 aromatic heterocycles. The van der Waals surface area contributed by atoms with Crippen LogP contribution in [0.25, 0.3) is 0 Å². The Hall–Kier alpha value is -2.18. The maximum Gasteiger partial charge on any atom is 0.305 e. The van der Waals surface area contributed by atoms with Crippen molar-refractivity contribution in [1.29, 1.82) is 0 Å². The van der Waals surface area contributed by atoms with Crippen molar-refractivity contribution in [2.45, 2.75) is 39.0 Å². The van der Waals surface area contributed by atoms with Gasteiger partial charge in [-0.15, -0.1) is 0 Å². The van der Waals surface area contributed by atoms with Gasteiger partial charge < -0.3 is 10.1 Å². The molecule has 0 saturated heterocycles. The average Bonchev–Trinajstić information content (AvgIpc) is 2.47. The van der Waals surface area contributed by atoms with Crippen LogP contribution in [0.3, 0.4) is 0 Å². The van der Waals surface area contributed by atoms with Crippen molar-refractivity contribution in [3.8, 4) is 0 Å². The van der Waals surface area contributed by atoms with E-state index in [0.29, 0.717) is 18.8 Å². The van der Waals surface area contributed by atoms with Gasteiger partial charge in [-0.05, 0) is 31.7 Å². The van der Waals surface area contributed by atoms with Gasteiger partial charge in [-0.3, -0.25) is 14.9 Å². The molecule has 7 nitrogen and oxygen atoms in total. The van der Waals surface area contributed by atoms with Gasteiger partial charge >= 0.3 is 5.97 Å². The largest absolute Gasteiger partial charge is 0.466 e. The molecule has 0 unspecified atom stereocenters. The predicted molar refractivity (Wildman–Crippen MR) is 79.1 cm³/mol. The third-order valence-electron chi connectivity index (χ3n) is 2.80. The maximum atomic E-state index is 11.1. The number of nitrogens with zero attached hydrogens (tertiary/aromatic N) is 2. The summed E-state index contributed by atoms with van der Waals surface area (Å²) in [5.41, 5.74) is -0.0190. The van der Waals surface area contributed by atoms with Gasteiger partial charge in [0.25, 0.3) is 5.69 Å². The molecule has 1 heterocycles. The van der Waals surface area contributed by atoms with Gasteiger partial charge in [0.2, 0.25) is 0 Å². The highest BCUT2D eigenvalue weighted by Gasteiger charge is 2.04. The molecule has 0 atom stereocenters. The summed E-state index contributed by atoms with van der Waals surface area (Å²) in [6.07, 6.45) is 5.22. The van der Waals surface area contributed by atoms with Gasteiger partial charge in [-0.25, -0.2) is 4.98 Å². The third kappa shape index (κ3) is 7.24. The number of pyridine rings is 1. The lowest BCUT2D eigenvalue weighted by atomic mass is 10.2. The van der Waals surface area contributed by atoms with E-state index in [4.69, 9.17) is 4.74 Å². The van der Waals surface area contributed by atoms with Crippen molar-refractivity contribution < 1.29 is 14.5 Å². The first-order valence-corrected chi connectivity index (χ1v) is 7.13. The van der Waals surface area contributed by atoms with E-state index in [2.05, 4.69) is 10.3 Å². The van der Waals surface area contributed by atoms with E-state index in [1.807, 2.05) is 6.92 Å². The monoisotopic (exact) mass is 295 g/mol. The normalized spacial score (nSPS) is 10.1. The summed E-state index contributed by atoms with van der Waals surface area (Å²) in [5, 5.41) is 13.6. The number of rotatable bonds is 10. The Balaban J connectivity index is 2.06. The van der Waals surface area contributed by atoms with E-state index in [1.165, 1.54) is 12.3 Å². The quantitative estimate of drug-likeness (QED) is 0.309. The number of nitrogens with one attached hydrogen (secondary N) is 1. The molecule has 0 aliphatic heterocycles. The topological polar surface area (TPSA) is 94.4 Å². The van der Waals surface area contributed by atoms with Gasteiger partial charge in [-0.1, -0.05) is 6.92 Å². The minimum absolute atomic E-state index is 0.0190. The van der Waals surface area contributed by atoms with Crippen LogP contribution in [-0.4, -0.2) is 29.0 Å². The van der Waals surface area contributed by atoms with Crippen molar-refractivity contribution in [3.05, 3.63) is 28.4 Å². The molecule has 21 heavy (non-hydrogen) atoms. The molecule has 1 aromatic rings. The summed E-state index contributed by atoms with van der Waals surface area (Å²) in [7, 11) is 0. The van der Waals surface area contributed by atoms with Gasteiger partial charge in [0.15, 0.2) is 0 Å². The van der Waals surface area contributed by atoms with Crippen molar-refractivity contribution in [2.24, 2.45) is 0 Å². The molecule has 0 spiro atoms.